The predicted octanol–water partition coefficient (Wildman–Crippen LogP) is 3.50. The zero-order valence-corrected chi connectivity index (χ0v) is 14.6. The van der Waals surface area contributed by atoms with Crippen molar-refractivity contribution in [3.8, 4) is 0 Å². The fourth-order valence-corrected chi connectivity index (χ4v) is 5.69. The van der Waals surface area contributed by atoms with Gasteiger partial charge in [0.1, 0.15) is 11.4 Å². The molecule has 2 aromatic carbocycles. The molecule has 1 aromatic heterocycles. The van der Waals surface area contributed by atoms with Crippen molar-refractivity contribution in [1.29, 1.82) is 0 Å². The van der Waals surface area contributed by atoms with Gasteiger partial charge in [0.25, 0.3) is 5.91 Å². The summed E-state index contributed by atoms with van der Waals surface area (Å²) in [6, 6.07) is 14.9. The molecule has 0 radical (unpaired) electrons. The topological polar surface area (TPSA) is 62.3 Å². The summed E-state index contributed by atoms with van der Waals surface area (Å²) in [5.74, 6) is 0.367. The number of nitrogens with one attached hydrogen (secondary N) is 1. The summed E-state index contributed by atoms with van der Waals surface area (Å²) in [6.07, 6.45) is 0. The minimum Gasteiger partial charge on any atom is -0.310 e. The first kappa shape index (κ1) is 14.9. The summed E-state index contributed by atoms with van der Waals surface area (Å²) < 4.78 is 1.03. The maximum atomic E-state index is 12.8. The third-order valence-corrected chi connectivity index (χ3v) is 6.78. The van der Waals surface area contributed by atoms with E-state index < -0.39 is 6.04 Å². The van der Waals surface area contributed by atoms with Gasteiger partial charge in [-0.1, -0.05) is 41.7 Å². The number of thioether (sulfide) groups is 1. The molecule has 0 unspecified atom stereocenters. The zero-order valence-electron chi connectivity index (χ0n) is 13.0. The minimum absolute atomic E-state index is 0.0601. The quantitative estimate of drug-likeness (QED) is 0.753. The number of fused-ring (bicyclic) bond motifs is 4. The Morgan fingerprint density at radius 3 is 2.84 bits per heavy atom. The number of hydrogen-bond donors (Lipinski definition) is 1. The van der Waals surface area contributed by atoms with E-state index in [0.717, 1.165) is 15.8 Å². The maximum absolute atomic E-state index is 12.8. The van der Waals surface area contributed by atoms with Crippen LogP contribution in [0.2, 0.25) is 0 Å². The third kappa shape index (κ3) is 2.26. The van der Waals surface area contributed by atoms with Gasteiger partial charge in [-0.05, 0) is 23.8 Å². The van der Waals surface area contributed by atoms with Crippen LogP contribution in [0.4, 0.5) is 5.13 Å². The van der Waals surface area contributed by atoms with Gasteiger partial charge in [0.15, 0.2) is 5.13 Å². The van der Waals surface area contributed by atoms with Crippen LogP contribution in [0.3, 0.4) is 0 Å². The summed E-state index contributed by atoms with van der Waals surface area (Å²) in [4.78, 5) is 31.6. The molecule has 3 aromatic rings. The van der Waals surface area contributed by atoms with Gasteiger partial charge >= 0.3 is 0 Å². The van der Waals surface area contributed by atoms with Crippen molar-refractivity contribution in [1.82, 2.24) is 9.88 Å². The predicted molar refractivity (Wildman–Crippen MR) is 99.8 cm³/mol. The lowest BCUT2D eigenvalue weighted by Gasteiger charge is -2.22. The van der Waals surface area contributed by atoms with Gasteiger partial charge in [-0.15, -0.1) is 11.8 Å². The molecular weight excluding hydrogens is 354 g/mol. The molecule has 2 aliphatic heterocycles. The molecule has 0 bridgehead atoms. The highest BCUT2D eigenvalue weighted by Crippen LogP contribution is 2.48. The van der Waals surface area contributed by atoms with Crippen LogP contribution >= 0.6 is 23.1 Å². The minimum atomic E-state index is -0.470. The Balaban J connectivity index is 1.41. The molecule has 124 valence electrons. The van der Waals surface area contributed by atoms with Gasteiger partial charge in [-0.3, -0.25) is 9.59 Å². The first-order valence-electron chi connectivity index (χ1n) is 7.92. The molecule has 2 amide bonds. The van der Waals surface area contributed by atoms with Crippen molar-refractivity contribution in [2.75, 3.05) is 11.1 Å². The van der Waals surface area contributed by atoms with E-state index in [-0.39, 0.29) is 17.2 Å². The van der Waals surface area contributed by atoms with E-state index in [1.165, 1.54) is 11.3 Å². The molecular formula is C18H13N3O2S2. The number of amides is 2. The molecule has 0 aliphatic carbocycles. The van der Waals surface area contributed by atoms with Crippen molar-refractivity contribution in [2.24, 2.45) is 0 Å². The third-order valence-electron chi connectivity index (χ3n) is 4.52. The molecule has 2 aliphatic rings. The van der Waals surface area contributed by atoms with Crippen molar-refractivity contribution < 1.29 is 9.59 Å². The van der Waals surface area contributed by atoms with E-state index in [2.05, 4.69) is 10.3 Å². The number of rotatable bonds is 2. The number of carbonyl (C=O) groups is 2. The molecule has 5 nitrogen and oxygen atoms in total. The van der Waals surface area contributed by atoms with E-state index in [9.17, 15) is 9.59 Å². The van der Waals surface area contributed by atoms with Crippen molar-refractivity contribution in [2.45, 2.75) is 11.4 Å². The lowest BCUT2D eigenvalue weighted by Crippen LogP contribution is -2.42. The van der Waals surface area contributed by atoms with E-state index in [4.69, 9.17) is 0 Å². The second-order valence-electron chi connectivity index (χ2n) is 5.98. The molecule has 2 atom stereocenters. The highest BCUT2D eigenvalue weighted by molar-refractivity contribution is 7.99. The Hall–Kier alpha value is -2.38. The van der Waals surface area contributed by atoms with Crippen molar-refractivity contribution in [3.05, 3.63) is 59.7 Å². The number of carbonyl (C=O) groups excluding carboxylic acids is 2. The molecule has 5 rings (SSSR count). The van der Waals surface area contributed by atoms with Gasteiger partial charge in [-0.2, -0.15) is 0 Å². The molecule has 1 N–H and O–H groups in total. The number of para-hydroxylation sites is 1. The molecule has 25 heavy (non-hydrogen) atoms. The SMILES string of the molecule is O=C(Nc1nc2ccccc2s1)[C@@H]1CS[C@H]2c3ccccc3C(=O)N12. The highest BCUT2D eigenvalue weighted by Gasteiger charge is 2.48. The normalized spacial score (nSPS) is 21.4. The molecule has 1 saturated heterocycles. The average molecular weight is 367 g/mol. The molecule has 3 heterocycles. The number of nitrogens with zero attached hydrogens (tertiary/aromatic N) is 2. The Kier molecular flexibility index (Phi) is 3.33. The zero-order chi connectivity index (χ0) is 17.0. The van der Waals surface area contributed by atoms with Crippen molar-refractivity contribution >= 4 is 50.3 Å². The lowest BCUT2D eigenvalue weighted by molar-refractivity contribution is -0.119. The van der Waals surface area contributed by atoms with Crippen LogP contribution in [0.15, 0.2) is 48.5 Å². The van der Waals surface area contributed by atoms with Gasteiger partial charge in [0.05, 0.1) is 10.2 Å². The summed E-state index contributed by atoms with van der Waals surface area (Å²) in [5.41, 5.74) is 2.58. The summed E-state index contributed by atoms with van der Waals surface area (Å²) in [6.45, 7) is 0. The van der Waals surface area contributed by atoms with Crippen LogP contribution in [0.25, 0.3) is 10.2 Å². The molecule has 0 spiro atoms. The summed E-state index contributed by atoms with van der Waals surface area (Å²) in [5, 5.41) is 3.41. The summed E-state index contributed by atoms with van der Waals surface area (Å²) in [7, 11) is 0. The van der Waals surface area contributed by atoms with Crippen molar-refractivity contribution in [3.63, 3.8) is 0 Å². The smallest absolute Gasteiger partial charge is 0.256 e. The molecule has 0 saturated carbocycles. The van der Waals surface area contributed by atoms with Crippen LogP contribution in [0.5, 0.6) is 0 Å². The lowest BCUT2D eigenvalue weighted by atomic mass is 10.1. The monoisotopic (exact) mass is 367 g/mol. The van der Waals surface area contributed by atoms with Crippen LogP contribution in [-0.2, 0) is 4.79 Å². The van der Waals surface area contributed by atoms with Gasteiger partial charge in [0, 0.05) is 11.3 Å². The standard InChI is InChI=1S/C18H13N3O2S2/c22-15(20-18-19-12-7-3-4-8-14(12)25-18)13-9-24-17-11-6-2-1-5-10(11)16(23)21(13)17/h1-8,13,17H,9H2,(H,19,20,22)/t13-,17-/m0/s1. The van der Waals surface area contributed by atoms with E-state index in [0.29, 0.717) is 16.4 Å². The van der Waals surface area contributed by atoms with Crippen LogP contribution < -0.4 is 5.32 Å². The Labute approximate surface area is 152 Å². The number of hydrogen-bond acceptors (Lipinski definition) is 5. The Morgan fingerprint density at radius 1 is 1.16 bits per heavy atom. The van der Waals surface area contributed by atoms with E-state index >= 15 is 0 Å². The van der Waals surface area contributed by atoms with E-state index in [1.54, 1.807) is 16.7 Å². The highest BCUT2D eigenvalue weighted by atomic mass is 32.2. The van der Waals surface area contributed by atoms with Gasteiger partial charge < -0.3 is 10.2 Å². The van der Waals surface area contributed by atoms with E-state index in [1.807, 2.05) is 48.5 Å². The largest absolute Gasteiger partial charge is 0.310 e. The van der Waals surface area contributed by atoms with Crippen LogP contribution in [0, 0.1) is 0 Å². The molecule has 1 fully saturated rings. The van der Waals surface area contributed by atoms with Crippen LogP contribution in [0.1, 0.15) is 21.3 Å². The summed E-state index contributed by atoms with van der Waals surface area (Å²) >= 11 is 3.08. The second-order valence-corrected chi connectivity index (χ2v) is 8.12. The number of aromatic nitrogens is 1. The fraction of sp³-hybridized carbons (Fsp3) is 0.167. The first-order chi connectivity index (χ1) is 12.2. The van der Waals surface area contributed by atoms with Gasteiger partial charge in [-0.25, -0.2) is 4.98 Å². The Morgan fingerprint density at radius 2 is 1.96 bits per heavy atom. The maximum Gasteiger partial charge on any atom is 0.256 e. The first-order valence-corrected chi connectivity index (χ1v) is 9.78. The number of benzene rings is 2. The molecule has 7 heteroatoms. The van der Waals surface area contributed by atoms with Crippen LogP contribution in [-0.4, -0.2) is 33.5 Å². The number of thiazole rings is 1. The fourth-order valence-electron chi connectivity index (χ4n) is 3.36. The number of anilines is 1. The van der Waals surface area contributed by atoms with Gasteiger partial charge in [0.2, 0.25) is 5.91 Å². The Bertz CT molecular complexity index is 983. The average Bonchev–Trinajstić information content (AvgIpc) is 3.30. The second kappa shape index (κ2) is 5.57.